The first-order valence-electron chi connectivity index (χ1n) is 7.81. The highest BCUT2D eigenvalue weighted by atomic mass is 127. The van der Waals surface area contributed by atoms with Gasteiger partial charge in [-0.1, -0.05) is 30.3 Å². The highest BCUT2D eigenvalue weighted by Crippen LogP contribution is 2.32. The quantitative estimate of drug-likeness (QED) is 0.263. The van der Waals surface area contributed by atoms with Gasteiger partial charge in [0.1, 0.15) is 0 Å². The smallest absolute Gasteiger partial charge is 0.329 e. The SMILES string of the molecule is CCOc1cc(/C=N\NC(=O)C(=O)NCc2ccccc2)cc(I)c1O. The van der Waals surface area contributed by atoms with Crippen LogP contribution in [0.15, 0.2) is 47.6 Å². The van der Waals surface area contributed by atoms with Crippen LogP contribution in [0.5, 0.6) is 11.5 Å². The second-order valence-electron chi connectivity index (χ2n) is 5.15. The van der Waals surface area contributed by atoms with Gasteiger partial charge in [0, 0.05) is 6.54 Å². The highest BCUT2D eigenvalue weighted by Gasteiger charge is 2.12. The van der Waals surface area contributed by atoms with Crippen LogP contribution in [-0.4, -0.2) is 29.7 Å². The van der Waals surface area contributed by atoms with Gasteiger partial charge in [-0.05, 0) is 52.8 Å². The summed E-state index contributed by atoms with van der Waals surface area (Å²) in [7, 11) is 0. The van der Waals surface area contributed by atoms with E-state index < -0.39 is 11.8 Å². The van der Waals surface area contributed by atoms with Crippen LogP contribution in [0.4, 0.5) is 0 Å². The van der Waals surface area contributed by atoms with Gasteiger partial charge in [0.15, 0.2) is 11.5 Å². The second-order valence-corrected chi connectivity index (χ2v) is 6.31. The lowest BCUT2D eigenvalue weighted by Crippen LogP contribution is -2.37. The summed E-state index contributed by atoms with van der Waals surface area (Å²) < 4.78 is 5.91. The number of rotatable bonds is 6. The van der Waals surface area contributed by atoms with Crippen molar-refractivity contribution in [1.82, 2.24) is 10.7 Å². The predicted octanol–water partition coefficient (Wildman–Crippen LogP) is 2.16. The van der Waals surface area contributed by atoms with Crippen LogP contribution in [0.25, 0.3) is 0 Å². The molecule has 8 heteroatoms. The minimum absolute atomic E-state index is 0.0499. The number of halogens is 1. The maximum atomic E-state index is 11.7. The zero-order chi connectivity index (χ0) is 18.9. The molecule has 0 aliphatic carbocycles. The van der Waals surface area contributed by atoms with Gasteiger partial charge in [-0.25, -0.2) is 5.43 Å². The lowest BCUT2D eigenvalue weighted by atomic mass is 10.2. The number of hydrogen-bond donors (Lipinski definition) is 3. The Morgan fingerprint density at radius 1 is 1.23 bits per heavy atom. The van der Waals surface area contributed by atoms with E-state index in [1.165, 1.54) is 6.21 Å². The van der Waals surface area contributed by atoms with E-state index in [1.54, 1.807) is 19.1 Å². The first kappa shape index (κ1) is 19.7. The molecule has 0 unspecified atom stereocenters. The van der Waals surface area contributed by atoms with Gasteiger partial charge in [0.2, 0.25) is 0 Å². The Balaban J connectivity index is 1.91. The van der Waals surface area contributed by atoms with Crippen molar-refractivity contribution >= 4 is 40.6 Å². The Morgan fingerprint density at radius 3 is 2.65 bits per heavy atom. The van der Waals surface area contributed by atoms with Gasteiger partial charge >= 0.3 is 11.8 Å². The maximum Gasteiger partial charge on any atom is 0.329 e. The van der Waals surface area contributed by atoms with Crippen molar-refractivity contribution in [3.05, 3.63) is 57.2 Å². The average Bonchev–Trinajstić information content (AvgIpc) is 2.64. The van der Waals surface area contributed by atoms with E-state index in [1.807, 2.05) is 52.9 Å². The van der Waals surface area contributed by atoms with Crippen LogP contribution in [0.2, 0.25) is 0 Å². The predicted molar refractivity (Wildman–Crippen MR) is 106 cm³/mol. The van der Waals surface area contributed by atoms with Crippen molar-refractivity contribution in [2.45, 2.75) is 13.5 Å². The minimum atomic E-state index is -0.865. The lowest BCUT2D eigenvalue weighted by Gasteiger charge is -2.08. The third-order valence-corrected chi connectivity index (χ3v) is 4.05. The molecule has 0 heterocycles. The zero-order valence-electron chi connectivity index (χ0n) is 14.0. The van der Waals surface area contributed by atoms with Gasteiger partial charge in [-0.15, -0.1) is 0 Å². The Bertz CT molecular complexity index is 810. The molecule has 0 fully saturated rings. The standard InChI is InChI=1S/C18H18IN3O4/c1-2-26-15-9-13(8-14(19)16(15)23)11-21-22-18(25)17(24)20-10-12-6-4-3-5-7-12/h3-9,11,23H,2,10H2,1H3,(H,20,24)(H,22,25)/b21-11-. The van der Waals surface area contributed by atoms with Crippen molar-refractivity contribution in [3.8, 4) is 11.5 Å². The van der Waals surface area contributed by atoms with Crippen molar-refractivity contribution < 1.29 is 19.4 Å². The summed E-state index contributed by atoms with van der Waals surface area (Å²) in [6, 6.07) is 12.5. The van der Waals surface area contributed by atoms with Crippen LogP contribution in [0.1, 0.15) is 18.1 Å². The monoisotopic (exact) mass is 467 g/mol. The number of nitrogens with zero attached hydrogens (tertiary/aromatic N) is 1. The largest absolute Gasteiger partial charge is 0.504 e. The number of aromatic hydroxyl groups is 1. The number of phenolic OH excluding ortho intramolecular Hbond substituents is 1. The molecule has 2 aromatic carbocycles. The van der Waals surface area contributed by atoms with Crippen molar-refractivity contribution in [2.75, 3.05) is 6.61 Å². The normalized spacial score (nSPS) is 10.5. The summed E-state index contributed by atoms with van der Waals surface area (Å²) in [4.78, 5) is 23.5. The Hall–Kier alpha value is -2.62. The molecular weight excluding hydrogens is 449 g/mol. The van der Waals surface area contributed by atoms with Gasteiger partial charge in [0.05, 0.1) is 16.4 Å². The molecule has 0 aliphatic heterocycles. The fourth-order valence-corrected chi connectivity index (χ4v) is 2.63. The summed E-state index contributed by atoms with van der Waals surface area (Å²) >= 11 is 1.96. The molecule has 3 N–H and O–H groups in total. The molecule has 0 radical (unpaired) electrons. The molecular formula is C18H18IN3O4. The number of hydrazone groups is 1. The molecule has 0 saturated heterocycles. The third kappa shape index (κ3) is 5.73. The molecule has 0 aromatic heterocycles. The summed E-state index contributed by atoms with van der Waals surface area (Å²) in [5.41, 5.74) is 3.67. The van der Waals surface area contributed by atoms with Crippen molar-refractivity contribution in [3.63, 3.8) is 0 Å². The number of nitrogens with one attached hydrogen (secondary N) is 2. The Morgan fingerprint density at radius 2 is 1.96 bits per heavy atom. The van der Waals surface area contributed by atoms with Crippen LogP contribution in [-0.2, 0) is 16.1 Å². The number of ether oxygens (including phenoxy) is 1. The molecule has 136 valence electrons. The summed E-state index contributed by atoms with van der Waals surface area (Å²) in [6.45, 7) is 2.47. The van der Waals surface area contributed by atoms with E-state index in [2.05, 4.69) is 15.8 Å². The fraction of sp³-hybridized carbons (Fsp3) is 0.167. The number of carbonyl (C=O) groups excluding carboxylic acids is 2. The zero-order valence-corrected chi connectivity index (χ0v) is 16.2. The van der Waals surface area contributed by atoms with E-state index >= 15 is 0 Å². The minimum Gasteiger partial charge on any atom is -0.504 e. The number of carbonyl (C=O) groups is 2. The van der Waals surface area contributed by atoms with Crippen LogP contribution in [0, 0.1) is 3.57 Å². The van der Waals surface area contributed by atoms with E-state index in [4.69, 9.17) is 4.74 Å². The molecule has 26 heavy (non-hydrogen) atoms. The number of hydrogen-bond acceptors (Lipinski definition) is 5. The van der Waals surface area contributed by atoms with Crippen LogP contribution < -0.4 is 15.5 Å². The van der Waals surface area contributed by atoms with Gasteiger partial charge in [0.25, 0.3) is 0 Å². The molecule has 2 aromatic rings. The van der Waals surface area contributed by atoms with Crippen LogP contribution >= 0.6 is 22.6 Å². The third-order valence-electron chi connectivity index (χ3n) is 3.23. The maximum absolute atomic E-state index is 11.7. The molecule has 0 atom stereocenters. The topological polar surface area (TPSA) is 100 Å². The first-order chi connectivity index (χ1) is 12.5. The Labute approximate surface area is 164 Å². The van der Waals surface area contributed by atoms with E-state index in [0.29, 0.717) is 21.5 Å². The Kier molecular flexibility index (Phi) is 7.39. The van der Waals surface area contributed by atoms with Gasteiger partial charge in [-0.2, -0.15) is 5.10 Å². The van der Waals surface area contributed by atoms with Crippen LogP contribution in [0.3, 0.4) is 0 Å². The lowest BCUT2D eigenvalue weighted by molar-refractivity contribution is -0.139. The second kappa shape index (κ2) is 9.76. The van der Waals surface area contributed by atoms with E-state index in [-0.39, 0.29) is 12.3 Å². The molecule has 0 spiro atoms. The molecule has 0 bridgehead atoms. The fourth-order valence-electron chi connectivity index (χ4n) is 2.01. The summed E-state index contributed by atoms with van der Waals surface area (Å²) in [6.07, 6.45) is 1.37. The number of phenols is 1. The number of amides is 2. The molecule has 7 nitrogen and oxygen atoms in total. The highest BCUT2D eigenvalue weighted by molar-refractivity contribution is 14.1. The van der Waals surface area contributed by atoms with Gasteiger partial charge in [-0.3, -0.25) is 9.59 Å². The van der Waals surface area contributed by atoms with Gasteiger partial charge < -0.3 is 15.2 Å². The van der Waals surface area contributed by atoms with Crippen molar-refractivity contribution in [1.29, 1.82) is 0 Å². The first-order valence-corrected chi connectivity index (χ1v) is 8.89. The summed E-state index contributed by atoms with van der Waals surface area (Å²) in [5.74, 6) is -1.27. The average molecular weight is 467 g/mol. The molecule has 2 rings (SSSR count). The van der Waals surface area contributed by atoms with Crippen molar-refractivity contribution in [2.24, 2.45) is 5.10 Å². The van der Waals surface area contributed by atoms with E-state index in [0.717, 1.165) is 5.56 Å². The molecule has 0 saturated carbocycles. The molecule has 2 amide bonds. The summed E-state index contributed by atoms with van der Waals surface area (Å²) in [5, 5.41) is 16.2. The number of benzene rings is 2. The van der Waals surface area contributed by atoms with E-state index in [9.17, 15) is 14.7 Å². The molecule has 0 aliphatic rings.